The van der Waals surface area contributed by atoms with Gasteiger partial charge in [0.1, 0.15) is 5.71 Å². The SMILES string of the molecule is COC(=O)c1ccc(CC2=NC(=S)N(C)C2=O)cc1. The number of ether oxygens (including phenoxy) is 1. The molecule has 19 heavy (non-hydrogen) atoms. The van der Waals surface area contributed by atoms with Gasteiger partial charge in [-0.1, -0.05) is 12.1 Å². The minimum Gasteiger partial charge on any atom is -0.465 e. The molecule has 0 N–H and O–H groups in total. The van der Waals surface area contributed by atoms with Gasteiger partial charge in [0.15, 0.2) is 0 Å². The van der Waals surface area contributed by atoms with Crippen LogP contribution in [0.5, 0.6) is 0 Å². The number of esters is 1. The van der Waals surface area contributed by atoms with Crippen LogP contribution in [0.15, 0.2) is 29.3 Å². The number of hydrogen-bond donors (Lipinski definition) is 0. The molecule has 0 saturated heterocycles. The van der Waals surface area contributed by atoms with E-state index in [-0.39, 0.29) is 17.0 Å². The van der Waals surface area contributed by atoms with E-state index in [1.165, 1.54) is 12.0 Å². The summed E-state index contributed by atoms with van der Waals surface area (Å²) in [5.41, 5.74) is 1.77. The van der Waals surface area contributed by atoms with Gasteiger partial charge in [-0.2, -0.15) is 0 Å². The van der Waals surface area contributed by atoms with Gasteiger partial charge in [-0.05, 0) is 29.9 Å². The molecule has 0 atom stereocenters. The Labute approximate surface area is 115 Å². The number of methoxy groups -OCH3 is 1. The minimum atomic E-state index is -0.387. The van der Waals surface area contributed by atoms with E-state index in [1.54, 1.807) is 31.3 Å². The van der Waals surface area contributed by atoms with Crippen molar-refractivity contribution in [3.8, 4) is 0 Å². The Hall–Kier alpha value is -2.08. The molecule has 0 aliphatic carbocycles. The molecule has 0 aromatic heterocycles. The lowest BCUT2D eigenvalue weighted by molar-refractivity contribution is -0.119. The second-order valence-corrected chi connectivity index (χ2v) is 4.44. The zero-order valence-electron chi connectivity index (χ0n) is 10.5. The van der Waals surface area contributed by atoms with Crippen LogP contribution in [0.1, 0.15) is 15.9 Å². The maximum Gasteiger partial charge on any atom is 0.337 e. The number of nitrogens with zero attached hydrogens (tertiary/aromatic N) is 2. The first-order valence-electron chi connectivity index (χ1n) is 5.59. The summed E-state index contributed by atoms with van der Waals surface area (Å²) in [6.45, 7) is 0. The Balaban J connectivity index is 2.13. The topological polar surface area (TPSA) is 59.0 Å². The molecule has 1 aromatic carbocycles. The third-order valence-electron chi connectivity index (χ3n) is 2.82. The fourth-order valence-corrected chi connectivity index (χ4v) is 1.90. The van der Waals surface area contributed by atoms with Crippen molar-refractivity contribution >= 4 is 34.9 Å². The minimum absolute atomic E-state index is 0.179. The lowest BCUT2D eigenvalue weighted by Gasteiger charge is -2.06. The third-order valence-corrected chi connectivity index (χ3v) is 3.18. The molecule has 1 heterocycles. The van der Waals surface area contributed by atoms with Gasteiger partial charge in [0.25, 0.3) is 5.91 Å². The van der Waals surface area contributed by atoms with Crippen LogP contribution in [-0.4, -0.2) is 41.8 Å². The van der Waals surface area contributed by atoms with E-state index in [2.05, 4.69) is 9.73 Å². The maximum atomic E-state index is 11.8. The van der Waals surface area contributed by atoms with E-state index in [0.717, 1.165) is 5.56 Å². The molecule has 98 valence electrons. The molecule has 2 rings (SSSR count). The molecule has 1 aliphatic rings. The number of benzene rings is 1. The standard InChI is InChI=1S/C13H12N2O3S/c1-15-11(16)10(14-13(15)19)7-8-3-5-9(6-4-8)12(17)18-2/h3-6H,7H2,1-2H3. The number of amides is 1. The summed E-state index contributed by atoms with van der Waals surface area (Å²) in [5, 5.41) is 0.284. The second-order valence-electron chi connectivity index (χ2n) is 4.07. The Morgan fingerprint density at radius 2 is 2.00 bits per heavy atom. The summed E-state index contributed by atoms with van der Waals surface area (Å²) in [4.78, 5) is 28.5. The van der Waals surface area contributed by atoms with Crippen molar-refractivity contribution in [2.75, 3.05) is 14.2 Å². The van der Waals surface area contributed by atoms with Crippen LogP contribution in [0.4, 0.5) is 0 Å². The molecule has 1 amide bonds. The van der Waals surface area contributed by atoms with Crippen molar-refractivity contribution < 1.29 is 14.3 Å². The predicted molar refractivity (Wildman–Crippen MR) is 74.3 cm³/mol. The van der Waals surface area contributed by atoms with Gasteiger partial charge in [0.2, 0.25) is 5.11 Å². The Morgan fingerprint density at radius 1 is 1.37 bits per heavy atom. The quantitative estimate of drug-likeness (QED) is 0.615. The van der Waals surface area contributed by atoms with Crippen molar-refractivity contribution in [1.29, 1.82) is 0 Å². The number of rotatable bonds is 3. The Morgan fingerprint density at radius 3 is 2.47 bits per heavy atom. The van der Waals surface area contributed by atoms with E-state index in [9.17, 15) is 9.59 Å². The van der Waals surface area contributed by atoms with E-state index in [4.69, 9.17) is 12.2 Å². The summed E-state index contributed by atoms with van der Waals surface area (Å²) >= 11 is 4.94. The highest BCUT2D eigenvalue weighted by Crippen LogP contribution is 2.11. The van der Waals surface area contributed by atoms with Crippen molar-refractivity contribution in [3.05, 3.63) is 35.4 Å². The molecule has 6 heteroatoms. The summed E-state index contributed by atoms with van der Waals surface area (Å²) in [7, 11) is 2.93. The second kappa shape index (κ2) is 5.27. The van der Waals surface area contributed by atoms with Gasteiger partial charge in [-0.25, -0.2) is 9.79 Å². The largest absolute Gasteiger partial charge is 0.465 e. The predicted octanol–water partition coefficient (Wildman–Crippen LogP) is 1.21. The summed E-state index contributed by atoms with van der Waals surface area (Å²) < 4.78 is 4.61. The third kappa shape index (κ3) is 2.68. The highest BCUT2D eigenvalue weighted by Gasteiger charge is 2.26. The summed E-state index contributed by atoms with van der Waals surface area (Å²) in [6.07, 6.45) is 0.394. The van der Waals surface area contributed by atoms with Gasteiger partial charge < -0.3 is 4.74 Å². The highest BCUT2D eigenvalue weighted by molar-refractivity contribution is 7.80. The van der Waals surface area contributed by atoms with Gasteiger partial charge in [0.05, 0.1) is 12.7 Å². The van der Waals surface area contributed by atoms with E-state index >= 15 is 0 Å². The first-order chi connectivity index (χ1) is 9.02. The molecule has 0 fully saturated rings. The van der Waals surface area contributed by atoms with E-state index in [0.29, 0.717) is 17.7 Å². The highest BCUT2D eigenvalue weighted by atomic mass is 32.1. The van der Waals surface area contributed by atoms with Gasteiger partial charge in [0, 0.05) is 13.5 Å². The van der Waals surface area contributed by atoms with Crippen LogP contribution >= 0.6 is 12.2 Å². The fraction of sp³-hybridized carbons (Fsp3) is 0.231. The lowest BCUT2D eigenvalue weighted by Crippen LogP contribution is -2.29. The monoisotopic (exact) mass is 276 g/mol. The molecule has 0 unspecified atom stereocenters. The number of carbonyl (C=O) groups is 2. The molecular weight excluding hydrogens is 264 g/mol. The van der Waals surface area contributed by atoms with Crippen molar-refractivity contribution in [2.24, 2.45) is 4.99 Å². The zero-order chi connectivity index (χ0) is 14.0. The normalized spacial score (nSPS) is 14.6. The summed E-state index contributed by atoms with van der Waals surface area (Å²) in [5.74, 6) is -0.566. The molecular formula is C13H12N2O3S. The molecule has 5 nitrogen and oxygen atoms in total. The number of aliphatic imine (C=N–C) groups is 1. The molecule has 0 radical (unpaired) electrons. The smallest absolute Gasteiger partial charge is 0.337 e. The molecule has 0 spiro atoms. The molecule has 0 saturated carbocycles. The van der Waals surface area contributed by atoms with Gasteiger partial charge in [-0.3, -0.25) is 9.69 Å². The first kappa shape index (κ1) is 13.4. The number of hydrogen-bond acceptors (Lipinski definition) is 4. The van der Waals surface area contributed by atoms with Crippen molar-refractivity contribution in [1.82, 2.24) is 4.90 Å². The number of carbonyl (C=O) groups excluding carboxylic acids is 2. The van der Waals surface area contributed by atoms with Crippen LogP contribution in [-0.2, 0) is 16.0 Å². The average Bonchev–Trinajstić information content (AvgIpc) is 2.66. The van der Waals surface area contributed by atoms with Gasteiger partial charge in [-0.15, -0.1) is 0 Å². The molecule has 1 aliphatic heterocycles. The van der Waals surface area contributed by atoms with E-state index in [1.807, 2.05) is 0 Å². The first-order valence-corrected chi connectivity index (χ1v) is 6.00. The Bertz CT molecular complexity index is 578. The molecule has 0 bridgehead atoms. The average molecular weight is 276 g/mol. The van der Waals surface area contributed by atoms with E-state index < -0.39 is 0 Å². The van der Waals surface area contributed by atoms with Crippen molar-refractivity contribution in [3.63, 3.8) is 0 Å². The lowest BCUT2D eigenvalue weighted by atomic mass is 10.1. The maximum absolute atomic E-state index is 11.8. The summed E-state index contributed by atoms with van der Waals surface area (Å²) in [6, 6.07) is 6.85. The van der Waals surface area contributed by atoms with Gasteiger partial charge >= 0.3 is 5.97 Å². The van der Waals surface area contributed by atoms with Crippen LogP contribution in [0.25, 0.3) is 0 Å². The zero-order valence-corrected chi connectivity index (χ0v) is 11.4. The van der Waals surface area contributed by atoms with Crippen LogP contribution in [0, 0.1) is 0 Å². The molecule has 1 aromatic rings. The van der Waals surface area contributed by atoms with Crippen LogP contribution < -0.4 is 0 Å². The van der Waals surface area contributed by atoms with Crippen molar-refractivity contribution in [2.45, 2.75) is 6.42 Å². The Kier molecular flexibility index (Phi) is 3.71. The van der Waals surface area contributed by atoms with Crippen LogP contribution in [0.3, 0.4) is 0 Å². The number of thiocarbonyl (C=S) groups is 1. The van der Waals surface area contributed by atoms with Crippen LogP contribution in [0.2, 0.25) is 0 Å². The fourth-order valence-electron chi connectivity index (χ4n) is 1.70.